The molecule has 0 radical (unpaired) electrons. The van der Waals surface area contributed by atoms with E-state index in [0.717, 1.165) is 84.5 Å². The molecule has 0 fully saturated rings. The van der Waals surface area contributed by atoms with Crippen molar-refractivity contribution < 1.29 is 0 Å². The number of hydrogen-bond acceptors (Lipinski definition) is 3. The zero-order chi connectivity index (χ0) is 35.7. The molecule has 0 saturated carbocycles. The number of para-hydroxylation sites is 3. The molecule has 3 heterocycles. The second-order valence-electron chi connectivity index (χ2n) is 12.8. The zero-order valence-corrected chi connectivity index (χ0v) is 29.2. The predicted octanol–water partition coefficient (Wildman–Crippen LogP) is 12.7. The first-order valence-electron chi connectivity index (χ1n) is 17.8. The Morgan fingerprint density at radius 1 is 0.604 bits per heavy atom. The van der Waals surface area contributed by atoms with Crippen LogP contribution in [0.25, 0.3) is 74.1 Å². The molecule has 0 saturated heterocycles. The Morgan fingerprint density at radius 2 is 1.17 bits per heavy atom. The summed E-state index contributed by atoms with van der Waals surface area (Å²) in [4.78, 5) is 12.4. The van der Waals surface area contributed by atoms with Crippen molar-refractivity contribution in [2.75, 3.05) is 4.90 Å². The van der Waals surface area contributed by atoms with E-state index < -0.39 is 0 Å². The van der Waals surface area contributed by atoms with Gasteiger partial charge in [-0.2, -0.15) is 0 Å². The van der Waals surface area contributed by atoms with E-state index in [1.165, 1.54) is 0 Å². The van der Waals surface area contributed by atoms with Gasteiger partial charge < -0.3 is 9.47 Å². The molecule has 0 N–H and O–H groups in total. The van der Waals surface area contributed by atoms with Crippen LogP contribution in [0.3, 0.4) is 0 Å². The van der Waals surface area contributed by atoms with Crippen LogP contribution in [0.1, 0.15) is 18.2 Å². The van der Waals surface area contributed by atoms with Crippen LogP contribution < -0.4 is 4.90 Å². The Balaban J connectivity index is 1.26. The quantitative estimate of drug-likeness (QED) is 0.168. The van der Waals surface area contributed by atoms with Gasteiger partial charge in [0.05, 0.1) is 45.4 Å². The Hall–Kier alpha value is -7.22. The minimum atomic E-state index is 0.595. The van der Waals surface area contributed by atoms with E-state index in [2.05, 4.69) is 169 Å². The van der Waals surface area contributed by atoms with Crippen molar-refractivity contribution in [1.82, 2.24) is 14.5 Å². The van der Waals surface area contributed by atoms with Crippen LogP contribution in [0.4, 0.5) is 17.1 Å². The summed E-state index contributed by atoms with van der Waals surface area (Å²) in [6.45, 7) is 6.40. The highest BCUT2D eigenvalue weighted by atomic mass is 15.2. The van der Waals surface area contributed by atoms with Crippen molar-refractivity contribution in [3.05, 3.63) is 194 Å². The Morgan fingerprint density at radius 3 is 1.75 bits per heavy atom. The van der Waals surface area contributed by atoms with Gasteiger partial charge in [0.25, 0.3) is 0 Å². The molecule has 53 heavy (non-hydrogen) atoms. The minimum Gasteiger partial charge on any atom is -0.309 e. The average Bonchev–Trinajstić information content (AvgIpc) is 3.49. The van der Waals surface area contributed by atoms with Gasteiger partial charge in [0.2, 0.25) is 0 Å². The number of fused-ring (bicyclic) bond motifs is 5. The number of hydrogen-bond donors (Lipinski definition) is 0. The molecule has 0 bridgehead atoms. The maximum absolute atomic E-state index is 5.04. The van der Waals surface area contributed by atoms with Crippen LogP contribution in [0, 0.1) is 12.1 Å². The smallest absolute Gasteiger partial charge is 0.168 e. The van der Waals surface area contributed by atoms with Gasteiger partial charge in [-0.3, -0.25) is 0 Å². The maximum Gasteiger partial charge on any atom is 0.168 e. The molecular formula is C49H34N4. The lowest BCUT2D eigenvalue weighted by atomic mass is 9.96. The summed E-state index contributed by atoms with van der Waals surface area (Å²) >= 11 is 0. The number of nitrogens with zero attached hydrogens (tertiary/aromatic N) is 4. The third-order valence-corrected chi connectivity index (χ3v) is 9.68. The third kappa shape index (κ3) is 5.53. The Kier molecular flexibility index (Phi) is 8.08. The summed E-state index contributed by atoms with van der Waals surface area (Å²) < 4.78 is 2.30. The fraction of sp³-hybridized carbons (Fsp3) is 0.0204. The highest BCUT2D eigenvalue weighted by Gasteiger charge is 2.32. The van der Waals surface area contributed by atoms with Crippen LogP contribution in [-0.4, -0.2) is 14.5 Å². The van der Waals surface area contributed by atoms with Crippen molar-refractivity contribution in [3.8, 4) is 62.0 Å². The van der Waals surface area contributed by atoms with E-state index in [0.29, 0.717) is 5.82 Å². The SMILES string of the molecule is C=Cc1c2c(n(-c3c#cc(-c4nc(-c5ccccc5)cc(-c5ccccc5)n4)cc3)c1/C=C\C)-c1ccccc1N(c1ccccc1)c1ccccc1-2. The van der Waals surface area contributed by atoms with Crippen molar-refractivity contribution in [2.45, 2.75) is 6.92 Å². The van der Waals surface area contributed by atoms with E-state index in [1.54, 1.807) is 0 Å². The highest BCUT2D eigenvalue weighted by Crippen LogP contribution is 2.54. The Labute approximate surface area is 310 Å². The molecule has 4 nitrogen and oxygen atoms in total. The highest BCUT2D eigenvalue weighted by molar-refractivity contribution is 6.05. The molecule has 4 heteroatoms. The molecule has 8 aromatic rings. The van der Waals surface area contributed by atoms with Crippen molar-refractivity contribution in [3.63, 3.8) is 0 Å². The second kappa shape index (κ2) is 13.5. The standard InChI is InChI=1S/C49H34N4/c1-3-18-44-39(4-2)47-40-25-14-16-27-45(40)52(37-23-12-7-13-24-37)46-28-17-15-26-41(46)48(47)53(44)38-31-29-36(30-32-38)49-50-42(34-19-8-5-9-20-34)33-43(51-49)35-21-10-6-11-22-35/h3-29,31,33H,2H2,1H3/b18-3-. The summed E-state index contributed by atoms with van der Waals surface area (Å²) in [5.74, 6) is 0.595. The first-order chi connectivity index (χ1) is 26.2. The van der Waals surface area contributed by atoms with Crippen molar-refractivity contribution in [1.29, 1.82) is 0 Å². The van der Waals surface area contributed by atoms with Gasteiger partial charge in [0.15, 0.2) is 5.82 Å². The molecule has 0 atom stereocenters. The van der Waals surface area contributed by atoms with Crippen LogP contribution in [0.5, 0.6) is 0 Å². The van der Waals surface area contributed by atoms with E-state index in [1.807, 2.05) is 42.5 Å². The first-order valence-corrected chi connectivity index (χ1v) is 17.8. The topological polar surface area (TPSA) is 34.0 Å². The molecule has 0 unspecified atom stereocenters. The summed E-state index contributed by atoms with van der Waals surface area (Å²) in [5, 5.41) is 0. The largest absolute Gasteiger partial charge is 0.309 e. The summed E-state index contributed by atoms with van der Waals surface area (Å²) in [7, 11) is 0. The number of rotatable bonds is 7. The van der Waals surface area contributed by atoms with Gasteiger partial charge in [0.1, 0.15) is 0 Å². The van der Waals surface area contributed by atoms with Gasteiger partial charge >= 0.3 is 0 Å². The lowest BCUT2D eigenvalue weighted by molar-refractivity contribution is 1.07. The van der Waals surface area contributed by atoms with Gasteiger partial charge in [0, 0.05) is 39.1 Å². The minimum absolute atomic E-state index is 0.595. The van der Waals surface area contributed by atoms with E-state index in [-0.39, 0.29) is 0 Å². The molecule has 2 aromatic heterocycles. The fourth-order valence-corrected chi connectivity index (χ4v) is 7.37. The number of aromatic nitrogens is 3. The molecule has 0 spiro atoms. The van der Waals surface area contributed by atoms with E-state index >= 15 is 0 Å². The molecular weight excluding hydrogens is 645 g/mol. The van der Waals surface area contributed by atoms with Crippen LogP contribution in [-0.2, 0) is 0 Å². The fourth-order valence-electron chi connectivity index (χ4n) is 7.37. The van der Waals surface area contributed by atoms with Gasteiger partial charge in [-0.1, -0.05) is 140 Å². The lowest BCUT2D eigenvalue weighted by Crippen LogP contribution is -2.11. The number of allylic oxidation sites excluding steroid dienone is 1. The maximum atomic E-state index is 5.04. The Bertz CT molecular complexity index is 2560. The average molecular weight is 679 g/mol. The normalized spacial score (nSPS) is 11.7. The summed E-state index contributed by atoms with van der Waals surface area (Å²) in [6.07, 6.45) is 6.22. The monoisotopic (exact) mass is 678 g/mol. The van der Waals surface area contributed by atoms with Gasteiger partial charge in [-0.05, 0) is 61.5 Å². The molecule has 1 aliphatic heterocycles. The number of anilines is 3. The van der Waals surface area contributed by atoms with Gasteiger partial charge in [-0.15, -0.1) is 0 Å². The molecule has 250 valence electrons. The lowest BCUT2D eigenvalue weighted by Gasteiger charge is -2.27. The van der Waals surface area contributed by atoms with Crippen LogP contribution >= 0.6 is 0 Å². The third-order valence-electron chi connectivity index (χ3n) is 9.68. The van der Waals surface area contributed by atoms with E-state index in [4.69, 9.17) is 9.97 Å². The first kappa shape index (κ1) is 31.7. The van der Waals surface area contributed by atoms with Crippen LogP contribution in [0.15, 0.2) is 170 Å². The predicted molar refractivity (Wildman–Crippen MR) is 219 cm³/mol. The van der Waals surface area contributed by atoms with Crippen LogP contribution in [0.2, 0.25) is 0 Å². The molecule has 1 aliphatic rings. The van der Waals surface area contributed by atoms with Crippen molar-refractivity contribution >= 4 is 29.2 Å². The number of benzene rings is 5. The van der Waals surface area contributed by atoms with Crippen molar-refractivity contribution in [2.24, 2.45) is 0 Å². The van der Waals surface area contributed by atoms with E-state index in [9.17, 15) is 0 Å². The molecule has 9 rings (SSSR count). The summed E-state index contributed by atoms with van der Waals surface area (Å²) in [6, 6.07) is 61.5. The van der Waals surface area contributed by atoms with Gasteiger partial charge in [-0.25, -0.2) is 9.97 Å². The zero-order valence-electron chi connectivity index (χ0n) is 29.2. The molecule has 0 aliphatic carbocycles. The molecule has 6 aromatic carbocycles. The molecule has 0 amide bonds. The summed E-state index contributed by atoms with van der Waals surface area (Å²) in [5.41, 5.74) is 15.2. The second-order valence-corrected chi connectivity index (χ2v) is 12.8.